The third-order valence-corrected chi connectivity index (χ3v) is 9.26. The van der Waals surface area contributed by atoms with Gasteiger partial charge >= 0.3 is 0 Å². The molecule has 1 heterocycles. The van der Waals surface area contributed by atoms with Crippen LogP contribution in [0.5, 0.6) is 34.5 Å². The number of ether oxygens (including phenoxy) is 7. The number of aryl methyl sites for hydroxylation is 2. The first kappa shape index (κ1) is 35.3. The second-order valence-electron chi connectivity index (χ2n) is 12.3. The number of benzene rings is 4. The summed E-state index contributed by atoms with van der Waals surface area (Å²) < 4.78 is 40.4. The molecular weight excluding hydrogens is 624 g/mol. The van der Waals surface area contributed by atoms with Crippen molar-refractivity contribution in [2.75, 3.05) is 41.7 Å². The van der Waals surface area contributed by atoms with E-state index < -0.39 is 0 Å². The Morgan fingerprint density at radius 3 is 1.24 bits per heavy atom. The highest BCUT2D eigenvalue weighted by atomic mass is 16.5. The number of hydrogen-bond acceptors (Lipinski definition) is 9. The van der Waals surface area contributed by atoms with E-state index in [9.17, 15) is 9.59 Å². The predicted octanol–water partition coefficient (Wildman–Crippen LogP) is 7.95. The number of ketones is 2. The zero-order valence-electron chi connectivity index (χ0n) is 29.3. The van der Waals surface area contributed by atoms with E-state index >= 15 is 0 Å². The second kappa shape index (κ2) is 15.5. The third-order valence-electron chi connectivity index (χ3n) is 9.26. The molecule has 0 aromatic heterocycles. The van der Waals surface area contributed by atoms with Gasteiger partial charge < -0.3 is 33.2 Å². The van der Waals surface area contributed by atoms with E-state index in [4.69, 9.17) is 33.2 Å². The normalized spacial score (nSPS) is 18.4. The van der Waals surface area contributed by atoms with Gasteiger partial charge in [-0.3, -0.25) is 9.59 Å². The van der Waals surface area contributed by atoms with Crippen molar-refractivity contribution in [1.29, 1.82) is 0 Å². The van der Waals surface area contributed by atoms with Crippen molar-refractivity contribution >= 4 is 11.6 Å². The van der Waals surface area contributed by atoms with E-state index in [2.05, 4.69) is 13.8 Å². The number of carbonyl (C=O) groups is 2. The van der Waals surface area contributed by atoms with E-state index in [1.807, 2.05) is 50.2 Å². The van der Waals surface area contributed by atoms with Crippen molar-refractivity contribution in [3.8, 4) is 34.5 Å². The molecular formula is C40H44O9. The van der Waals surface area contributed by atoms with Gasteiger partial charge in [0.25, 0.3) is 0 Å². The lowest BCUT2D eigenvalue weighted by Crippen LogP contribution is -2.13. The van der Waals surface area contributed by atoms with E-state index in [0.29, 0.717) is 34.1 Å². The topological polar surface area (TPSA) is 98.8 Å². The fourth-order valence-electron chi connectivity index (χ4n) is 6.24. The molecule has 1 fully saturated rings. The minimum atomic E-state index is -0.209. The summed E-state index contributed by atoms with van der Waals surface area (Å²) in [7, 11) is 6.35. The molecule has 1 aliphatic rings. The lowest BCUT2D eigenvalue weighted by Gasteiger charge is -2.19. The van der Waals surface area contributed by atoms with Crippen LogP contribution in [0.15, 0.2) is 72.8 Å². The Labute approximate surface area is 288 Å². The maximum Gasteiger partial charge on any atom is 0.200 e. The molecule has 5 rings (SSSR count). The molecule has 1 unspecified atom stereocenters. The van der Waals surface area contributed by atoms with E-state index in [1.165, 1.54) is 0 Å². The van der Waals surface area contributed by atoms with Crippen molar-refractivity contribution in [3.63, 3.8) is 0 Å². The number of Topliss-reactive ketones (excluding diaryl/α,β-unsaturated/α-hetero) is 2. The molecule has 0 saturated carbocycles. The highest BCUT2D eigenvalue weighted by Crippen LogP contribution is 2.50. The molecule has 4 atom stereocenters. The van der Waals surface area contributed by atoms with Crippen LogP contribution in [0, 0.1) is 25.7 Å². The monoisotopic (exact) mass is 668 g/mol. The molecule has 1 saturated heterocycles. The largest absolute Gasteiger partial charge is 0.496 e. The van der Waals surface area contributed by atoms with E-state index in [-0.39, 0.29) is 48.8 Å². The summed E-state index contributed by atoms with van der Waals surface area (Å²) >= 11 is 0. The number of carbonyl (C=O) groups excluding carboxylic acids is 2. The first-order valence-corrected chi connectivity index (χ1v) is 16.2. The van der Waals surface area contributed by atoms with Crippen LogP contribution in [-0.2, 0) is 4.74 Å². The van der Waals surface area contributed by atoms with Crippen LogP contribution in [0.4, 0.5) is 0 Å². The fraction of sp³-hybridized carbons (Fsp3) is 0.350. The van der Waals surface area contributed by atoms with Crippen LogP contribution in [0.2, 0.25) is 0 Å². The summed E-state index contributed by atoms with van der Waals surface area (Å²) in [6.07, 6.45) is -0.418. The van der Waals surface area contributed by atoms with Crippen molar-refractivity contribution in [2.24, 2.45) is 11.8 Å². The second-order valence-corrected chi connectivity index (χ2v) is 12.3. The summed E-state index contributed by atoms with van der Waals surface area (Å²) in [5, 5.41) is 0. The summed E-state index contributed by atoms with van der Waals surface area (Å²) in [5.41, 5.74) is 4.75. The summed E-state index contributed by atoms with van der Waals surface area (Å²) in [6, 6.07) is 22.0. The Hall–Kier alpha value is -5.02. The highest BCUT2D eigenvalue weighted by Gasteiger charge is 2.41. The minimum absolute atomic E-state index is 0.131. The molecule has 0 radical (unpaired) electrons. The average molecular weight is 669 g/mol. The van der Waals surface area contributed by atoms with Gasteiger partial charge in [0.05, 0.1) is 40.6 Å². The van der Waals surface area contributed by atoms with Crippen LogP contribution in [-0.4, -0.2) is 53.2 Å². The summed E-state index contributed by atoms with van der Waals surface area (Å²) in [6.45, 7) is 7.87. The average Bonchev–Trinajstić information content (AvgIpc) is 3.42. The highest BCUT2D eigenvalue weighted by molar-refractivity contribution is 5.98. The molecule has 1 aliphatic heterocycles. The van der Waals surface area contributed by atoms with Crippen LogP contribution in [0.1, 0.15) is 69.0 Å². The Balaban J connectivity index is 1.25. The van der Waals surface area contributed by atoms with Gasteiger partial charge in [-0.2, -0.15) is 0 Å². The Morgan fingerprint density at radius 2 is 0.898 bits per heavy atom. The van der Waals surface area contributed by atoms with E-state index in [0.717, 1.165) is 33.8 Å². The molecule has 49 heavy (non-hydrogen) atoms. The third kappa shape index (κ3) is 7.67. The SMILES string of the molecule is COc1ccc(C(=O)COc2ccc(C3O[C@H](c4ccc(OCC(=O)c5ccc(OC)c(C)c5)c(OC)c4)[C@H](C)[C@H]3C)cc2OC)cc1C. The molecule has 258 valence electrons. The van der Waals surface area contributed by atoms with Crippen LogP contribution >= 0.6 is 0 Å². The Kier molecular flexibility index (Phi) is 11.1. The molecule has 0 aliphatic carbocycles. The molecule has 4 aromatic rings. The van der Waals surface area contributed by atoms with Crippen molar-refractivity contribution < 1.29 is 42.7 Å². The van der Waals surface area contributed by atoms with Crippen LogP contribution in [0.25, 0.3) is 0 Å². The maximum atomic E-state index is 12.9. The lowest BCUT2D eigenvalue weighted by molar-refractivity contribution is 0.0287. The van der Waals surface area contributed by atoms with Gasteiger partial charge in [-0.05, 0) is 109 Å². The van der Waals surface area contributed by atoms with Crippen molar-refractivity contribution in [2.45, 2.75) is 39.9 Å². The first-order chi connectivity index (χ1) is 23.6. The zero-order valence-corrected chi connectivity index (χ0v) is 29.3. The van der Waals surface area contributed by atoms with Gasteiger partial charge in [-0.25, -0.2) is 0 Å². The standard InChI is InChI=1S/C40H44O9/c1-23-17-27(9-13-33(23)43-5)31(41)21-47-35-15-11-29(19-37(35)45-7)39-25(3)26(4)40(49-39)30-12-16-36(38(20-30)46-8)48-22-32(42)28-10-14-34(44-6)24(2)18-28/h9-20,25-26,39-40H,21-22H2,1-8H3/t25-,26-,39+,40?/m1/s1. The predicted molar refractivity (Wildman–Crippen MR) is 186 cm³/mol. The summed E-state index contributed by atoms with van der Waals surface area (Å²) in [5.74, 6) is 3.49. The Morgan fingerprint density at radius 1 is 0.531 bits per heavy atom. The number of rotatable bonds is 14. The number of methoxy groups -OCH3 is 4. The van der Waals surface area contributed by atoms with Gasteiger partial charge in [-0.1, -0.05) is 26.0 Å². The maximum absolute atomic E-state index is 12.9. The van der Waals surface area contributed by atoms with Gasteiger partial charge in [0.15, 0.2) is 47.8 Å². The molecule has 0 N–H and O–H groups in total. The summed E-state index contributed by atoms with van der Waals surface area (Å²) in [4.78, 5) is 25.7. The van der Waals surface area contributed by atoms with Crippen molar-refractivity contribution in [1.82, 2.24) is 0 Å². The molecule has 9 heteroatoms. The smallest absolute Gasteiger partial charge is 0.200 e. The first-order valence-electron chi connectivity index (χ1n) is 16.2. The van der Waals surface area contributed by atoms with Crippen LogP contribution < -0.4 is 28.4 Å². The van der Waals surface area contributed by atoms with E-state index in [1.54, 1.807) is 64.8 Å². The van der Waals surface area contributed by atoms with Crippen molar-refractivity contribution in [3.05, 3.63) is 106 Å². The lowest BCUT2D eigenvalue weighted by atomic mass is 9.85. The minimum Gasteiger partial charge on any atom is -0.496 e. The molecule has 0 bridgehead atoms. The fourth-order valence-corrected chi connectivity index (χ4v) is 6.24. The number of hydrogen-bond donors (Lipinski definition) is 0. The zero-order chi connectivity index (χ0) is 35.2. The quantitative estimate of drug-likeness (QED) is 0.124. The molecule has 0 amide bonds. The molecule has 9 nitrogen and oxygen atoms in total. The van der Waals surface area contributed by atoms with Gasteiger partial charge in [0.1, 0.15) is 11.5 Å². The van der Waals surface area contributed by atoms with Crippen LogP contribution in [0.3, 0.4) is 0 Å². The van der Waals surface area contributed by atoms with Gasteiger partial charge in [0.2, 0.25) is 0 Å². The molecule has 0 spiro atoms. The molecule has 4 aromatic carbocycles. The van der Waals surface area contributed by atoms with Gasteiger partial charge in [0, 0.05) is 11.1 Å². The Bertz CT molecular complexity index is 1680. The van der Waals surface area contributed by atoms with Gasteiger partial charge in [-0.15, -0.1) is 0 Å².